The second kappa shape index (κ2) is 6.10. The van der Waals surface area contributed by atoms with Crippen LogP contribution in [-0.4, -0.2) is 31.9 Å². The van der Waals surface area contributed by atoms with Crippen molar-refractivity contribution in [2.75, 3.05) is 25.5 Å². The van der Waals surface area contributed by atoms with E-state index in [1.807, 2.05) is 27.1 Å². The molecule has 3 nitrogen and oxygen atoms in total. The van der Waals surface area contributed by atoms with Gasteiger partial charge >= 0.3 is 0 Å². The summed E-state index contributed by atoms with van der Waals surface area (Å²) in [7, 11) is 3.93. The molecular formula is C16H25FN2O. The molecule has 1 aliphatic rings. The largest absolute Gasteiger partial charge is 0.393 e. The van der Waals surface area contributed by atoms with Crippen molar-refractivity contribution >= 4 is 5.69 Å². The fourth-order valence-electron chi connectivity index (χ4n) is 2.85. The monoisotopic (exact) mass is 280 g/mol. The molecule has 1 atom stereocenters. The molecule has 20 heavy (non-hydrogen) atoms. The van der Waals surface area contributed by atoms with E-state index in [-0.39, 0.29) is 18.0 Å². The topological polar surface area (TPSA) is 35.5 Å². The first-order chi connectivity index (χ1) is 9.42. The number of aliphatic hydroxyl groups excluding tert-OH is 1. The van der Waals surface area contributed by atoms with Crippen molar-refractivity contribution in [2.24, 2.45) is 5.92 Å². The fraction of sp³-hybridized carbons (Fsp3) is 0.625. The second-order valence-corrected chi connectivity index (χ2v) is 6.04. The molecule has 1 fully saturated rings. The van der Waals surface area contributed by atoms with Crippen molar-refractivity contribution in [1.29, 1.82) is 0 Å². The van der Waals surface area contributed by atoms with Crippen molar-refractivity contribution in [2.45, 2.75) is 38.8 Å². The molecule has 1 saturated carbocycles. The van der Waals surface area contributed by atoms with Crippen LogP contribution < -0.4 is 10.2 Å². The number of aliphatic hydroxyl groups is 1. The first kappa shape index (κ1) is 15.3. The molecule has 4 heteroatoms. The van der Waals surface area contributed by atoms with Crippen LogP contribution in [0.3, 0.4) is 0 Å². The number of aryl methyl sites for hydroxylation is 1. The van der Waals surface area contributed by atoms with Gasteiger partial charge in [-0.15, -0.1) is 0 Å². The summed E-state index contributed by atoms with van der Waals surface area (Å²) in [5.74, 6) is 0.386. The number of hydrogen-bond donors (Lipinski definition) is 2. The summed E-state index contributed by atoms with van der Waals surface area (Å²) in [6.45, 7) is 4.74. The van der Waals surface area contributed by atoms with Crippen LogP contribution in [0.4, 0.5) is 10.1 Å². The molecule has 0 aromatic heterocycles. The van der Waals surface area contributed by atoms with Crippen LogP contribution in [0, 0.1) is 18.7 Å². The first-order valence-corrected chi connectivity index (χ1v) is 7.28. The van der Waals surface area contributed by atoms with Crippen LogP contribution in [0.2, 0.25) is 0 Å². The quantitative estimate of drug-likeness (QED) is 0.870. The minimum atomic E-state index is -0.154. The normalized spacial score (nSPS) is 23.3. The molecule has 0 radical (unpaired) electrons. The fourth-order valence-corrected chi connectivity index (χ4v) is 2.85. The Morgan fingerprint density at radius 2 is 2.10 bits per heavy atom. The van der Waals surface area contributed by atoms with Gasteiger partial charge in [-0.2, -0.15) is 0 Å². The minimum Gasteiger partial charge on any atom is -0.393 e. The van der Waals surface area contributed by atoms with E-state index in [4.69, 9.17) is 0 Å². The van der Waals surface area contributed by atoms with Gasteiger partial charge in [-0.1, -0.05) is 0 Å². The Morgan fingerprint density at radius 1 is 1.45 bits per heavy atom. The van der Waals surface area contributed by atoms with Crippen LogP contribution in [0.15, 0.2) is 12.1 Å². The second-order valence-electron chi connectivity index (χ2n) is 6.04. The molecule has 2 rings (SSSR count). The zero-order valence-electron chi connectivity index (χ0n) is 12.8. The molecule has 1 aromatic rings. The number of hydrogen-bond acceptors (Lipinski definition) is 3. The van der Waals surface area contributed by atoms with Crippen LogP contribution in [0.1, 0.15) is 36.9 Å². The average molecular weight is 280 g/mol. The SMILES string of the molecule is CNC(C)c1cc(F)c(C)cc1N(C)CC1CC(O)C1. The van der Waals surface area contributed by atoms with Crippen molar-refractivity contribution in [3.8, 4) is 0 Å². The summed E-state index contributed by atoms with van der Waals surface area (Å²) < 4.78 is 13.8. The van der Waals surface area contributed by atoms with E-state index in [1.54, 1.807) is 13.0 Å². The molecule has 2 N–H and O–H groups in total. The van der Waals surface area contributed by atoms with E-state index in [1.165, 1.54) is 0 Å². The summed E-state index contributed by atoms with van der Waals surface area (Å²) >= 11 is 0. The van der Waals surface area contributed by atoms with Gasteiger partial charge in [0, 0.05) is 25.3 Å². The maximum Gasteiger partial charge on any atom is 0.126 e. The third kappa shape index (κ3) is 3.13. The molecule has 1 aromatic carbocycles. The molecule has 0 amide bonds. The number of rotatable bonds is 5. The van der Waals surface area contributed by atoms with E-state index < -0.39 is 0 Å². The highest BCUT2D eigenvalue weighted by Crippen LogP contribution is 2.33. The van der Waals surface area contributed by atoms with Gasteiger partial charge in [0.15, 0.2) is 0 Å². The third-order valence-electron chi connectivity index (χ3n) is 4.36. The van der Waals surface area contributed by atoms with Crippen LogP contribution in [0.5, 0.6) is 0 Å². The van der Waals surface area contributed by atoms with Gasteiger partial charge in [0.2, 0.25) is 0 Å². The van der Waals surface area contributed by atoms with Gasteiger partial charge in [-0.05, 0) is 62.9 Å². The zero-order chi connectivity index (χ0) is 14.9. The molecule has 1 unspecified atom stereocenters. The van der Waals surface area contributed by atoms with Gasteiger partial charge < -0.3 is 15.3 Å². The maximum absolute atomic E-state index is 13.8. The smallest absolute Gasteiger partial charge is 0.126 e. The average Bonchev–Trinajstić information content (AvgIpc) is 2.38. The maximum atomic E-state index is 13.8. The number of anilines is 1. The number of benzene rings is 1. The minimum absolute atomic E-state index is 0.106. The molecule has 1 aliphatic carbocycles. The van der Waals surface area contributed by atoms with Gasteiger partial charge in [-0.3, -0.25) is 0 Å². The molecular weight excluding hydrogens is 255 g/mol. The summed E-state index contributed by atoms with van der Waals surface area (Å²) in [6.07, 6.45) is 1.63. The lowest BCUT2D eigenvalue weighted by Crippen LogP contribution is -2.37. The molecule has 0 bridgehead atoms. The van der Waals surface area contributed by atoms with E-state index >= 15 is 0 Å². The lowest BCUT2D eigenvalue weighted by molar-refractivity contribution is 0.0464. The Hall–Kier alpha value is -1.13. The lowest BCUT2D eigenvalue weighted by Gasteiger charge is -2.36. The van der Waals surface area contributed by atoms with Crippen LogP contribution in [0.25, 0.3) is 0 Å². The van der Waals surface area contributed by atoms with E-state index in [9.17, 15) is 9.50 Å². The van der Waals surface area contributed by atoms with Gasteiger partial charge in [-0.25, -0.2) is 4.39 Å². The number of nitrogens with one attached hydrogen (secondary N) is 1. The highest BCUT2D eigenvalue weighted by Gasteiger charge is 2.28. The molecule has 0 saturated heterocycles. The molecule has 112 valence electrons. The van der Waals surface area contributed by atoms with Crippen molar-refractivity contribution in [1.82, 2.24) is 5.32 Å². The van der Waals surface area contributed by atoms with E-state index in [2.05, 4.69) is 10.2 Å². The van der Waals surface area contributed by atoms with Gasteiger partial charge in [0.1, 0.15) is 5.82 Å². The molecule has 0 spiro atoms. The predicted octanol–water partition coefficient (Wildman–Crippen LogP) is 2.62. The van der Waals surface area contributed by atoms with Gasteiger partial charge in [0.25, 0.3) is 0 Å². The number of nitrogens with zero attached hydrogens (tertiary/aromatic N) is 1. The lowest BCUT2D eigenvalue weighted by atomic mass is 9.82. The Kier molecular flexibility index (Phi) is 4.66. The van der Waals surface area contributed by atoms with Crippen LogP contribution in [-0.2, 0) is 0 Å². The summed E-state index contributed by atoms with van der Waals surface area (Å²) in [4.78, 5) is 2.19. The molecule has 0 heterocycles. The third-order valence-corrected chi connectivity index (χ3v) is 4.36. The van der Waals surface area contributed by atoms with Crippen molar-refractivity contribution < 1.29 is 9.50 Å². The van der Waals surface area contributed by atoms with E-state index in [0.29, 0.717) is 11.5 Å². The first-order valence-electron chi connectivity index (χ1n) is 7.28. The predicted molar refractivity (Wildman–Crippen MR) is 80.6 cm³/mol. The standard InChI is InChI=1S/C16H25FN2O/c1-10-5-16(14(8-15(10)17)11(2)18-3)19(4)9-12-6-13(20)7-12/h5,8,11-13,18,20H,6-7,9H2,1-4H3. The number of halogens is 1. The summed E-state index contributed by atoms with van der Waals surface area (Å²) in [5.41, 5.74) is 2.73. The Morgan fingerprint density at radius 3 is 2.65 bits per heavy atom. The van der Waals surface area contributed by atoms with E-state index in [0.717, 1.165) is 30.6 Å². The Bertz CT molecular complexity index is 472. The summed E-state index contributed by atoms with van der Waals surface area (Å²) in [6, 6.07) is 3.67. The highest BCUT2D eigenvalue weighted by atomic mass is 19.1. The van der Waals surface area contributed by atoms with Gasteiger partial charge in [0.05, 0.1) is 6.10 Å². The highest BCUT2D eigenvalue weighted by molar-refractivity contribution is 5.56. The Labute approximate surface area is 120 Å². The van der Waals surface area contributed by atoms with Crippen molar-refractivity contribution in [3.63, 3.8) is 0 Å². The Balaban J connectivity index is 2.21. The van der Waals surface area contributed by atoms with Crippen molar-refractivity contribution in [3.05, 3.63) is 29.1 Å². The summed E-state index contributed by atoms with van der Waals surface area (Å²) in [5, 5.41) is 12.6. The zero-order valence-corrected chi connectivity index (χ0v) is 12.8. The molecule has 0 aliphatic heterocycles. The van der Waals surface area contributed by atoms with Crippen LogP contribution >= 0.6 is 0 Å².